The molecule has 1 aliphatic carbocycles. The molecule has 3 N–H and O–H groups in total. The predicted octanol–water partition coefficient (Wildman–Crippen LogP) is 8.82. The minimum atomic E-state index is -4.80. The van der Waals surface area contributed by atoms with Gasteiger partial charge in [0.2, 0.25) is 11.8 Å². The second kappa shape index (κ2) is 20.5. The van der Waals surface area contributed by atoms with Crippen LogP contribution in [0.2, 0.25) is 0 Å². The SMILES string of the molecule is CC(C)c1ccccc1[C@@H]1CN(Cc2ccc(F)c(F)c2)CCN1C1CC2(CCN(c3ccc(C(=O)NS(=O)(=O)c4cc([N+](=O)[O-])c5c(n4)OC[C@@H](C4CCOCC4)N5)c(N4CCOc5nc6[nH]ccc6cc54)c3)CC2)C1. The number of fused-ring (bicyclic) bond motifs is 3. The molecule has 3 aromatic carbocycles. The van der Waals surface area contributed by atoms with Gasteiger partial charge in [-0.05, 0) is 115 Å². The molecule has 77 heavy (non-hydrogen) atoms. The maximum Gasteiger partial charge on any atom is 0.300 e. The van der Waals surface area contributed by atoms with Crippen molar-refractivity contribution in [1.29, 1.82) is 0 Å². The number of nitro groups is 1. The van der Waals surface area contributed by atoms with E-state index in [1.165, 1.54) is 23.3 Å². The summed E-state index contributed by atoms with van der Waals surface area (Å²) >= 11 is 0. The molecular formula is C56H62F2N10O8S. The van der Waals surface area contributed by atoms with Crippen molar-refractivity contribution in [2.75, 3.05) is 80.8 Å². The molecule has 21 heteroatoms. The number of benzene rings is 3. The fourth-order valence-electron chi connectivity index (χ4n) is 12.8. The van der Waals surface area contributed by atoms with Crippen LogP contribution in [0.15, 0.2) is 90.1 Å². The van der Waals surface area contributed by atoms with Crippen molar-refractivity contribution >= 4 is 55.4 Å². The summed E-state index contributed by atoms with van der Waals surface area (Å²) in [5, 5.41) is 15.7. The molecule has 12 rings (SSSR count). The first-order chi connectivity index (χ1) is 37.2. The smallest absolute Gasteiger partial charge is 0.300 e. The number of nitrogens with zero attached hydrogens (tertiary/aromatic N) is 7. The van der Waals surface area contributed by atoms with Gasteiger partial charge >= 0.3 is 5.69 Å². The van der Waals surface area contributed by atoms with Crippen LogP contribution in [-0.2, 0) is 21.3 Å². The molecule has 3 aromatic heterocycles. The summed E-state index contributed by atoms with van der Waals surface area (Å²) in [7, 11) is -4.80. The van der Waals surface area contributed by atoms with Gasteiger partial charge in [-0.2, -0.15) is 18.4 Å². The van der Waals surface area contributed by atoms with Gasteiger partial charge in [-0.3, -0.25) is 24.7 Å². The molecule has 404 valence electrons. The van der Waals surface area contributed by atoms with Crippen molar-refractivity contribution in [3.63, 3.8) is 0 Å². The molecule has 0 radical (unpaired) electrons. The van der Waals surface area contributed by atoms with Crippen LogP contribution >= 0.6 is 0 Å². The Morgan fingerprint density at radius 2 is 1.70 bits per heavy atom. The number of ether oxygens (including phenoxy) is 3. The van der Waals surface area contributed by atoms with E-state index in [4.69, 9.17) is 19.2 Å². The Hall–Kier alpha value is -6.94. The molecular weight excluding hydrogens is 1010 g/mol. The molecule has 1 saturated carbocycles. The molecule has 3 saturated heterocycles. The van der Waals surface area contributed by atoms with Crippen molar-refractivity contribution in [3.05, 3.63) is 129 Å². The summed E-state index contributed by atoms with van der Waals surface area (Å²) < 4.78 is 76.1. The number of carbonyl (C=O) groups is 1. The minimum Gasteiger partial charge on any atom is -0.474 e. The van der Waals surface area contributed by atoms with Gasteiger partial charge < -0.3 is 34.3 Å². The van der Waals surface area contributed by atoms with Crippen LogP contribution in [-0.4, -0.2) is 122 Å². The predicted molar refractivity (Wildman–Crippen MR) is 286 cm³/mol. The maximum atomic E-state index is 14.5. The monoisotopic (exact) mass is 1070 g/mol. The number of hydrogen-bond acceptors (Lipinski definition) is 15. The highest BCUT2D eigenvalue weighted by Crippen LogP contribution is 2.54. The lowest BCUT2D eigenvalue weighted by atomic mass is 9.59. The van der Waals surface area contributed by atoms with Gasteiger partial charge in [0.25, 0.3) is 15.9 Å². The van der Waals surface area contributed by atoms with Crippen LogP contribution in [0, 0.1) is 33.1 Å². The highest BCUT2D eigenvalue weighted by Gasteiger charge is 2.50. The summed E-state index contributed by atoms with van der Waals surface area (Å²) in [4.78, 5) is 47.7. The third-order valence-electron chi connectivity index (χ3n) is 16.9. The van der Waals surface area contributed by atoms with Crippen LogP contribution in [0.5, 0.6) is 11.8 Å². The van der Waals surface area contributed by atoms with E-state index in [2.05, 4.69) is 72.8 Å². The molecule has 6 aromatic rings. The molecule has 1 amide bonds. The Morgan fingerprint density at radius 1 is 0.896 bits per heavy atom. The van der Waals surface area contributed by atoms with E-state index >= 15 is 0 Å². The summed E-state index contributed by atoms with van der Waals surface area (Å²) in [6, 6.07) is 23.2. The van der Waals surface area contributed by atoms with Gasteiger partial charge in [-0.25, -0.2) is 13.5 Å². The van der Waals surface area contributed by atoms with Crippen molar-refractivity contribution in [2.45, 2.75) is 88.0 Å². The lowest BCUT2D eigenvalue weighted by Gasteiger charge is -2.58. The van der Waals surface area contributed by atoms with E-state index in [0.717, 1.165) is 94.0 Å². The van der Waals surface area contributed by atoms with E-state index in [-0.39, 0.29) is 53.8 Å². The number of halogens is 2. The van der Waals surface area contributed by atoms with Crippen molar-refractivity contribution in [1.82, 2.24) is 29.5 Å². The van der Waals surface area contributed by atoms with E-state index in [9.17, 15) is 32.1 Å². The van der Waals surface area contributed by atoms with Crippen molar-refractivity contribution < 1.29 is 41.1 Å². The first kappa shape index (κ1) is 50.9. The first-order valence-corrected chi connectivity index (χ1v) is 28.2. The second-order valence-electron chi connectivity index (χ2n) is 21.9. The highest BCUT2D eigenvalue weighted by atomic mass is 32.2. The number of carbonyl (C=O) groups excluding carboxylic acids is 1. The second-order valence-corrected chi connectivity index (χ2v) is 23.5. The molecule has 0 bridgehead atoms. The van der Waals surface area contributed by atoms with E-state index in [1.54, 1.807) is 18.3 Å². The number of piperidine rings is 1. The minimum absolute atomic E-state index is 0.00973. The average molecular weight is 1070 g/mol. The number of sulfonamides is 1. The van der Waals surface area contributed by atoms with Crippen molar-refractivity contribution in [2.24, 2.45) is 11.3 Å². The van der Waals surface area contributed by atoms with Crippen LogP contribution < -0.4 is 29.3 Å². The first-order valence-electron chi connectivity index (χ1n) is 26.7. The number of aromatic amines is 1. The Bertz CT molecular complexity index is 3360. The Balaban J connectivity index is 0.784. The van der Waals surface area contributed by atoms with Gasteiger partial charge in [0, 0.05) is 81.8 Å². The van der Waals surface area contributed by atoms with Crippen LogP contribution in [0.1, 0.15) is 91.4 Å². The zero-order chi connectivity index (χ0) is 53.2. The van der Waals surface area contributed by atoms with Crippen molar-refractivity contribution in [3.8, 4) is 11.8 Å². The molecule has 8 heterocycles. The van der Waals surface area contributed by atoms with Gasteiger partial charge in [0.15, 0.2) is 22.3 Å². The fraction of sp³-hybridized carbons (Fsp3) is 0.446. The normalized spacial score (nSPS) is 21.2. The Labute approximate surface area is 445 Å². The van der Waals surface area contributed by atoms with Gasteiger partial charge in [0.1, 0.15) is 24.5 Å². The van der Waals surface area contributed by atoms with Gasteiger partial charge in [0.05, 0.1) is 34.8 Å². The maximum absolute atomic E-state index is 14.5. The molecule has 1 spiro atoms. The standard InChI is InChI=1S/C56H62F2N10O8S/c1-34(2)40-5-3-4-6-41(40)49-32-64(31-35-7-10-43(57)44(58)25-35)19-20-66(49)39-29-56(30-39)14-17-65(18-15-56)38-8-9-42(46(27-38)67-21-24-75-54-48(67)26-37-11-16-59-52(37)62-54)53(69)63-77(72,73)50-28-47(68(70)71)51-55(61-50)76-33-45(60-51)36-12-22-74-23-13-36/h3-11,16,25-28,34,36,39,45,49,60H,12-15,17-24,29-33H2,1-2H3,(H,59,62)(H,63,69)/t45-,49-/m0/s1. The topological polar surface area (TPSA) is 201 Å². The Morgan fingerprint density at radius 3 is 2.48 bits per heavy atom. The van der Waals surface area contributed by atoms with Crippen LogP contribution in [0.3, 0.4) is 0 Å². The number of piperazine rings is 1. The number of H-pyrrole nitrogens is 1. The zero-order valence-electron chi connectivity index (χ0n) is 43.1. The lowest BCUT2D eigenvalue weighted by molar-refractivity contribution is -0.384. The highest BCUT2D eigenvalue weighted by molar-refractivity contribution is 7.90. The molecule has 6 aliphatic rings. The number of rotatable bonds is 12. The molecule has 2 atom stereocenters. The summed E-state index contributed by atoms with van der Waals surface area (Å²) in [5.74, 6) is -2.03. The Kier molecular flexibility index (Phi) is 13.5. The number of amides is 1. The largest absolute Gasteiger partial charge is 0.474 e. The number of pyridine rings is 2. The molecule has 5 aliphatic heterocycles. The number of aromatic nitrogens is 3. The number of anilines is 4. The molecule has 18 nitrogen and oxygen atoms in total. The summed E-state index contributed by atoms with van der Waals surface area (Å²) in [6.07, 6.45) is 7.33. The van der Waals surface area contributed by atoms with Crippen LogP contribution in [0.4, 0.5) is 37.2 Å². The average Bonchev–Trinajstić information content (AvgIpc) is 3.91. The molecule has 0 unspecified atom stereocenters. The lowest BCUT2D eigenvalue weighted by Crippen LogP contribution is -2.60. The number of hydrogen-bond donors (Lipinski definition) is 3. The van der Waals surface area contributed by atoms with E-state index < -0.39 is 43.2 Å². The summed E-state index contributed by atoms with van der Waals surface area (Å²) in [6.45, 7) is 10.8. The van der Waals surface area contributed by atoms with Crippen LogP contribution in [0.25, 0.3) is 11.0 Å². The van der Waals surface area contributed by atoms with E-state index in [1.807, 2.05) is 29.2 Å². The third-order valence-corrected chi connectivity index (χ3v) is 18.1. The summed E-state index contributed by atoms with van der Waals surface area (Å²) in [5.41, 5.74) is 5.61. The van der Waals surface area contributed by atoms with Gasteiger partial charge in [-0.1, -0.05) is 44.2 Å². The third kappa shape index (κ3) is 9.91. The van der Waals surface area contributed by atoms with Gasteiger partial charge in [-0.15, -0.1) is 0 Å². The van der Waals surface area contributed by atoms with E-state index in [0.29, 0.717) is 61.2 Å². The fourth-order valence-corrected chi connectivity index (χ4v) is 13.7. The number of nitrogens with one attached hydrogen (secondary N) is 3. The quantitative estimate of drug-likeness (QED) is 0.0775. The zero-order valence-corrected chi connectivity index (χ0v) is 43.9. The molecule has 4 fully saturated rings.